The van der Waals surface area contributed by atoms with E-state index in [9.17, 15) is 9.59 Å². The maximum atomic E-state index is 11.8. The molecule has 1 heterocycles. The quantitative estimate of drug-likeness (QED) is 0.314. The van der Waals surface area contributed by atoms with Gasteiger partial charge in [0.2, 0.25) is 0 Å². The van der Waals surface area contributed by atoms with Gasteiger partial charge in [-0.15, -0.1) is 0 Å². The summed E-state index contributed by atoms with van der Waals surface area (Å²) in [5, 5.41) is 17.1. The summed E-state index contributed by atoms with van der Waals surface area (Å²) in [5.41, 5.74) is 5.41. The smallest absolute Gasteiger partial charge is 0.449 e. The minimum Gasteiger partial charge on any atom is -0.449 e. The topological polar surface area (TPSA) is 93.5 Å². The van der Waals surface area contributed by atoms with Crippen LogP contribution in [-0.4, -0.2) is 27.1 Å². The first kappa shape index (κ1) is 23.6. The summed E-state index contributed by atoms with van der Waals surface area (Å²) < 4.78 is 6.07. The number of benzene rings is 2. The molecule has 3 aromatic rings. The van der Waals surface area contributed by atoms with Crippen LogP contribution in [0.3, 0.4) is 0 Å². The van der Waals surface area contributed by atoms with Gasteiger partial charge < -0.3 is 9.84 Å². The number of anilines is 1. The Morgan fingerprint density at radius 3 is 2.41 bits per heavy atom. The fourth-order valence-corrected chi connectivity index (χ4v) is 4.25. The number of carboxylic acid groups (broad SMARTS) is 1. The summed E-state index contributed by atoms with van der Waals surface area (Å²) in [4.78, 5) is 22.4. The van der Waals surface area contributed by atoms with Gasteiger partial charge in [0, 0.05) is 33.4 Å². The molecule has 0 saturated carbocycles. The molecular weight excluding hydrogens is 453 g/mol. The summed E-state index contributed by atoms with van der Waals surface area (Å²) in [7, 11) is 0. The highest BCUT2D eigenvalue weighted by atomic mass is 35.5. The normalized spacial score (nSPS) is 10.8. The lowest BCUT2D eigenvalue weighted by Gasteiger charge is -2.13. The first-order chi connectivity index (χ1) is 15.3. The van der Waals surface area contributed by atoms with Crippen LogP contribution in [-0.2, 0) is 30.5 Å². The Morgan fingerprint density at radius 2 is 1.78 bits per heavy atom. The van der Waals surface area contributed by atoms with E-state index in [1.807, 2.05) is 28.9 Å². The van der Waals surface area contributed by atoms with Crippen LogP contribution in [0.1, 0.15) is 41.9 Å². The van der Waals surface area contributed by atoms with E-state index in [0.29, 0.717) is 28.7 Å². The molecular formula is C23H23Cl2N3O4. The molecule has 0 radical (unpaired) electrons. The van der Waals surface area contributed by atoms with Crippen LogP contribution < -0.4 is 5.32 Å². The molecule has 168 valence electrons. The highest BCUT2D eigenvalue weighted by molar-refractivity contribution is 6.34. The Balaban J connectivity index is 1.93. The monoisotopic (exact) mass is 475 g/mol. The lowest BCUT2D eigenvalue weighted by Crippen LogP contribution is -2.18. The third-order valence-electron chi connectivity index (χ3n) is 4.98. The number of nitrogens with zero attached hydrogens (tertiary/aromatic N) is 2. The van der Waals surface area contributed by atoms with Gasteiger partial charge in [-0.25, -0.2) is 9.59 Å². The molecule has 7 nitrogen and oxygen atoms in total. The van der Waals surface area contributed by atoms with E-state index in [4.69, 9.17) is 33.4 Å². The van der Waals surface area contributed by atoms with Gasteiger partial charge in [0.1, 0.15) is 0 Å². The zero-order chi connectivity index (χ0) is 23.3. The summed E-state index contributed by atoms with van der Waals surface area (Å²) in [6.45, 7) is 4.52. The molecule has 0 aliphatic carbocycles. The summed E-state index contributed by atoms with van der Waals surface area (Å²) >= 11 is 12.4. The average Bonchev–Trinajstić information content (AvgIpc) is 3.04. The first-order valence-corrected chi connectivity index (χ1v) is 10.9. The third-order valence-corrected chi connectivity index (χ3v) is 5.41. The average molecular weight is 476 g/mol. The Labute approximate surface area is 195 Å². The molecule has 2 N–H and O–H groups in total. The van der Waals surface area contributed by atoms with Crippen LogP contribution in [0.5, 0.6) is 0 Å². The fraction of sp³-hybridized carbons (Fsp3) is 0.261. The zero-order valence-corrected chi connectivity index (χ0v) is 19.2. The summed E-state index contributed by atoms with van der Waals surface area (Å²) in [5.74, 6) is 0. The Bertz CT molecular complexity index is 1120. The molecule has 0 bridgehead atoms. The number of para-hydroxylation sites is 1. The number of nitrogens with one attached hydrogen (secondary N) is 1. The van der Waals surface area contributed by atoms with Crippen molar-refractivity contribution < 1.29 is 19.4 Å². The number of hydrogen-bond acceptors (Lipinski definition) is 4. The van der Waals surface area contributed by atoms with Crippen molar-refractivity contribution >= 4 is 41.1 Å². The third kappa shape index (κ3) is 5.81. The number of carbonyl (C=O) groups is 2. The van der Waals surface area contributed by atoms with E-state index < -0.39 is 12.2 Å². The highest BCUT2D eigenvalue weighted by Crippen LogP contribution is 2.26. The van der Waals surface area contributed by atoms with E-state index in [1.54, 1.807) is 18.2 Å². The predicted octanol–water partition coefficient (Wildman–Crippen LogP) is 6.18. The molecule has 32 heavy (non-hydrogen) atoms. The van der Waals surface area contributed by atoms with E-state index in [1.165, 1.54) is 0 Å². The molecule has 0 aliphatic rings. The van der Waals surface area contributed by atoms with Gasteiger partial charge in [-0.3, -0.25) is 10.00 Å². The summed E-state index contributed by atoms with van der Waals surface area (Å²) in [6, 6.07) is 12.6. The molecule has 1 aromatic heterocycles. The molecule has 0 aliphatic heterocycles. The van der Waals surface area contributed by atoms with Crippen molar-refractivity contribution in [3.05, 3.63) is 80.6 Å². The van der Waals surface area contributed by atoms with Crippen molar-refractivity contribution in [1.82, 2.24) is 9.78 Å². The van der Waals surface area contributed by atoms with Crippen molar-refractivity contribution in [3.63, 3.8) is 0 Å². The minimum atomic E-state index is -1.67. The van der Waals surface area contributed by atoms with Crippen molar-refractivity contribution in [2.24, 2.45) is 0 Å². The Morgan fingerprint density at radius 1 is 1.09 bits per heavy atom. The number of ether oxygens (including phenoxy) is 1. The lowest BCUT2D eigenvalue weighted by molar-refractivity contribution is 0.116. The molecule has 0 atom stereocenters. The van der Waals surface area contributed by atoms with E-state index in [2.05, 4.69) is 23.9 Å². The molecule has 0 fully saturated rings. The van der Waals surface area contributed by atoms with Gasteiger partial charge in [0.25, 0.3) is 0 Å². The first-order valence-electron chi connectivity index (χ1n) is 10.1. The molecule has 2 aromatic carbocycles. The van der Waals surface area contributed by atoms with E-state index >= 15 is 0 Å². The van der Waals surface area contributed by atoms with Crippen molar-refractivity contribution in [2.75, 3.05) is 5.32 Å². The number of halogens is 2. The predicted molar refractivity (Wildman–Crippen MR) is 124 cm³/mol. The second kappa shape index (κ2) is 10.5. The van der Waals surface area contributed by atoms with Gasteiger partial charge in [-0.1, -0.05) is 55.2 Å². The molecule has 0 saturated heterocycles. The van der Waals surface area contributed by atoms with Crippen molar-refractivity contribution in [1.29, 1.82) is 0 Å². The second-order valence-electron chi connectivity index (χ2n) is 7.13. The number of aromatic nitrogens is 2. The molecule has 3 rings (SSSR count). The molecule has 1 amide bonds. The minimum absolute atomic E-state index is 0.399. The number of rotatable bonds is 7. The lowest BCUT2D eigenvalue weighted by atomic mass is 10.0. The Kier molecular flexibility index (Phi) is 7.77. The standard InChI is InChI=1S/C23H23Cl2N3O4/c1-3-19-18(11-14-9-16(24)12-17(25)10-14)21(4-2)28(27-19)13-15-7-5-6-8-20(15)26-22(29)32-23(30)31/h5-10,12H,3-4,11,13H2,1-2H3,(H,26,29)(H,30,31). The van der Waals surface area contributed by atoms with Gasteiger partial charge in [-0.05, 0) is 48.2 Å². The number of aryl methyl sites for hydroxylation is 1. The van der Waals surface area contributed by atoms with Crippen LogP contribution in [0.4, 0.5) is 15.3 Å². The second-order valence-corrected chi connectivity index (χ2v) is 8.00. The van der Waals surface area contributed by atoms with Gasteiger partial charge >= 0.3 is 12.2 Å². The van der Waals surface area contributed by atoms with Crippen LogP contribution in [0, 0.1) is 0 Å². The maximum Gasteiger partial charge on any atom is 0.514 e. The SMILES string of the molecule is CCc1nn(Cc2ccccc2NC(=O)OC(=O)O)c(CC)c1Cc1cc(Cl)cc(Cl)c1. The molecule has 0 spiro atoms. The van der Waals surface area contributed by atoms with E-state index in [0.717, 1.165) is 40.9 Å². The van der Waals surface area contributed by atoms with Gasteiger partial charge in [-0.2, -0.15) is 5.10 Å². The van der Waals surface area contributed by atoms with Crippen molar-refractivity contribution in [3.8, 4) is 0 Å². The van der Waals surface area contributed by atoms with E-state index in [-0.39, 0.29) is 0 Å². The zero-order valence-electron chi connectivity index (χ0n) is 17.7. The van der Waals surface area contributed by atoms with Crippen LogP contribution >= 0.6 is 23.2 Å². The van der Waals surface area contributed by atoms with Gasteiger partial charge in [0.15, 0.2) is 0 Å². The highest BCUT2D eigenvalue weighted by Gasteiger charge is 2.18. The largest absolute Gasteiger partial charge is 0.514 e. The Hall–Kier alpha value is -3.03. The van der Waals surface area contributed by atoms with Gasteiger partial charge in [0.05, 0.1) is 12.2 Å². The fourth-order valence-electron chi connectivity index (χ4n) is 3.68. The van der Waals surface area contributed by atoms with Crippen LogP contribution in [0.15, 0.2) is 42.5 Å². The van der Waals surface area contributed by atoms with Crippen LogP contribution in [0.25, 0.3) is 0 Å². The number of hydrogen-bond donors (Lipinski definition) is 2. The maximum absolute atomic E-state index is 11.8. The van der Waals surface area contributed by atoms with Crippen LogP contribution in [0.2, 0.25) is 10.0 Å². The van der Waals surface area contributed by atoms with Crippen molar-refractivity contribution in [2.45, 2.75) is 39.7 Å². The summed E-state index contributed by atoms with van der Waals surface area (Å²) in [6.07, 6.45) is -0.563. The molecule has 0 unspecified atom stereocenters. The number of carbonyl (C=O) groups excluding carboxylic acids is 1. The number of amides is 1. The molecule has 9 heteroatoms.